The van der Waals surface area contributed by atoms with Gasteiger partial charge in [-0.3, -0.25) is 0 Å². The van der Waals surface area contributed by atoms with Crippen LogP contribution >= 0.6 is 0 Å². The van der Waals surface area contributed by atoms with Crippen molar-refractivity contribution in [2.24, 2.45) is 0 Å². The van der Waals surface area contributed by atoms with Crippen molar-refractivity contribution in [1.82, 2.24) is 4.98 Å². The number of nitrogens with zero attached hydrogens (tertiary/aromatic N) is 1. The quantitative estimate of drug-likeness (QED) is 0.704. The number of fused-ring (bicyclic) bond motifs is 1. The zero-order chi connectivity index (χ0) is 13.4. The van der Waals surface area contributed by atoms with Crippen molar-refractivity contribution >= 4 is 11.1 Å². The fourth-order valence-electron chi connectivity index (χ4n) is 1.80. The van der Waals surface area contributed by atoms with Crippen LogP contribution < -0.4 is 4.74 Å². The second-order valence-corrected chi connectivity index (χ2v) is 3.99. The average molecular weight is 261 g/mol. The molecule has 0 amide bonds. The van der Waals surface area contributed by atoms with E-state index in [9.17, 15) is 8.78 Å². The summed E-state index contributed by atoms with van der Waals surface area (Å²) in [5.41, 5.74) is 1.16. The van der Waals surface area contributed by atoms with Crippen molar-refractivity contribution in [3.05, 3.63) is 48.0 Å². The van der Waals surface area contributed by atoms with Gasteiger partial charge in [0, 0.05) is 17.7 Å². The van der Waals surface area contributed by atoms with Crippen molar-refractivity contribution in [2.75, 3.05) is 7.11 Å². The average Bonchev–Trinajstić information content (AvgIpc) is 2.82. The minimum absolute atomic E-state index is 0.205. The molecule has 0 N–H and O–H groups in total. The standard InChI is InChI=1S/C14H9F2NO2/c1-18-9-4-2-3-8(5-9)14-17-12-6-10(15)11(16)7-13(12)19-14/h2-7H,1H3. The molecule has 2 aromatic carbocycles. The van der Waals surface area contributed by atoms with Gasteiger partial charge in [0.1, 0.15) is 11.3 Å². The van der Waals surface area contributed by atoms with Crippen LogP contribution in [0.5, 0.6) is 5.75 Å². The first-order valence-corrected chi connectivity index (χ1v) is 5.57. The van der Waals surface area contributed by atoms with Crippen LogP contribution in [0.4, 0.5) is 8.78 Å². The van der Waals surface area contributed by atoms with Gasteiger partial charge in [-0.2, -0.15) is 0 Å². The molecule has 19 heavy (non-hydrogen) atoms. The van der Waals surface area contributed by atoms with Crippen LogP contribution in [0.25, 0.3) is 22.6 Å². The maximum absolute atomic E-state index is 13.1. The molecule has 1 heterocycles. The highest BCUT2D eigenvalue weighted by molar-refractivity contribution is 5.76. The van der Waals surface area contributed by atoms with Gasteiger partial charge < -0.3 is 9.15 Å². The van der Waals surface area contributed by atoms with E-state index in [0.717, 1.165) is 12.1 Å². The van der Waals surface area contributed by atoms with E-state index in [1.165, 1.54) is 0 Å². The van der Waals surface area contributed by atoms with Crippen LogP contribution in [0.3, 0.4) is 0 Å². The zero-order valence-electron chi connectivity index (χ0n) is 9.98. The smallest absolute Gasteiger partial charge is 0.227 e. The maximum atomic E-state index is 13.1. The largest absolute Gasteiger partial charge is 0.497 e. The molecular weight excluding hydrogens is 252 g/mol. The zero-order valence-corrected chi connectivity index (χ0v) is 9.98. The molecule has 0 spiro atoms. The third-order valence-electron chi connectivity index (χ3n) is 2.75. The number of ether oxygens (including phenoxy) is 1. The summed E-state index contributed by atoms with van der Waals surface area (Å²) in [6.07, 6.45) is 0. The summed E-state index contributed by atoms with van der Waals surface area (Å²) in [4.78, 5) is 4.13. The van der Waals surface area contributed by atoms with Crippen molar-refractivity contribution in [3.63, 3.8) is 0 Å². The molecule has 0 aliphatic carbocycles. The molecule has 0 bridgehead atoms. The molecule has 0 fully saturated rings. The Morgan fingerprint density at radius 1 is 1.11 bits per heavy atom. The summed E-state index contributed by atoms with van der Waals surface area (Å²) in [6.45, 7) is 0. The molecule has 0 radical (unpaired) electrons. The van der Waals surface area contributed by atoms with Gasteiger partial charge >= 0.3 is 0 Å². The highest BCUT2D eigenvalue weighted by Gasteiger charge is 2.12. The molecule has 3 rings (SSSR count). The van der Waals surface area contributed by atoms with E-state index in [1.807, 2.05) is 0 Å². The van der Waals surface area contributed by atoms with E-state index in [4.69, 9.17) is 9.15 Å². The summed E-state index contributed by atoms with van der Waals surface area (Å²) >= 11 is 0. The van der Waals surface area contributed by atoms with Gasteiger partial charge in [0.25, 0.3) is 0 Å². The Kier molecular flexibility index (Phi) is 2.67. The molecule has 0 saturated heterocycles. The molecule has 0 saturated carbocycles. The number of halogens is 2. The molecule has 3 aromatic rings. The Labute approximate surface area is 107 Å². The van der Waals surface area contributed by atoms with Gasteiger partial charge in [0.05, 0.1) is 7.11 Å². The van der Waals surface area contributed by atoms with Crippen molar-refractivity contribution in [3.8, 4) is 17.2 Å². The van der Waals surface area contributed by atoms with Gasteiger partial charge in [0.2, 0.25) is 5.89 Å². The molecule has 0 atom stereocenters. The lowest BCUT2D eigenvalue weighted by Crippen LogP contribution is -1.83. The Balaban J connectivity index is 2.14. The maximum Gasteiger partial charge on any atom is 0.227 e. The van der Waals surface area contributed by atoms with Gasteiger partial charge in [-0.1, -0.05) is 6.07 Å². The lowest BCUT2D eigenvalue weighted by atomic mass is 10.2. The molecular formula is C14H9F2NO2. The summed E-state index contributed by atoms with van der Waals surface area (Å²) < 4.78 is 36.7. The number of rotatable bonds is 2. The lowest BCUT2D eigenvalue weighted by molar-refractivity contribution is 0.415. The Hall–Kier alpha value is -2.43. The second kappa shape index (κ2) is 4.35. The van der Waals surface area contributed by atoms with E-state index in [0.29, 0.717) is 17.2 Å². The molecule has 3 nitrogen and oxygen atoms in total. The molecule has 0 aliphatic rings. The van der Waals surface area contributed by atoms with Crippen LogP contribution in [-0.2, 0) is 0 Å². The van der Waals surface area contributed by atoms with E-state index >= 15 is 0 Å². The Morgan fingerprint density at radius 3 is 2.68 bits per heavy atom. The Morgan fingerprint density at radius 2 is 1.89 bits per heavy atom. The predicted molar refractivity (Wildman–Crippen MR) is 65.9 cm³/mol. The second-order valence-electron chi connectivity index (χ2n) is 3.99. The van der Waals surface area contributed by atoms with Gasteiger partial charge in [-0.15, -0.1) is 0 Å². The summed E-state index contributed by atoms with van der Waals surface area (Å²) in [7, 11) is 1.55. The monoisotopic (exact) mass is 261 g/mol. The van der Waals surface area contributed by atoms with Crippen LogP contribution in [0, 0.1) is 11.6 Å². The van der Waals surface area contributed by atoms with Crippen molar-refractivity contribution in [1.29, 1.82) is 0 Å². The van der Waals surface area contributed by atoms with Gasteiger partial charge in [0.15, 0.2) is 17.2 Å². The third kappa shape index (κ3) is 2.03. The van der Waals surface area contributed by atoms with E-state index in [-0.39, 0.29) is 11.1 Å². The first-order valence-electron chi connectivity index (χ1n) is 5.57. The number of aromatic nitrogens is 1. The normalized spacial score (nSPS) is 10.9. The number of hydrogen-bond donors (Lipinski definition) is 0. The van der Waals surface area contributed by atoms with E-state index < -0.39 is 11.6 Å². The third-order valence-corrected chi connectivity index (χ3v) is 2.75. The molecule has 1 aromatic heterocycles. The number of oxazole rings is 1. The summed E-state index contributed by atoms with van der Waals surface area (Å²) in [6, 6.07) is 9.08. The highest BCUT2D eigenvalue weighted by Crippen LogP contribution is 2.27. The minimum Gasteiger partial charge on any atom is -0.497 e. The van der Waals surface area contributed by atoms with E-state index in [2.05, 4.69) is 4.98 Å². The molecule has 5 heteroatoms. The van der Waals surface area contributed by atoms with Gasteiger partial charge in [-0.05, 0) is 18.2 Å². The summed E-state index contributed by atoms with van der Waals surface area (Å²) in [5, 5.41) is 0. The first kappa shape index (κ1) is 11.6. The van der Waals surface area contributed by atoms with Crippen LogP contribution in [0.2, 0.25) is 0 Å². The topological polar surface area (TPSA) is 35.3 Å². The number of hydrogen-bond acceptors (Lipinski definition) is 3. The molecule has 0 aliphatic heterocycles. The molecule has 96 valence electrons. The van der Waals surface area contributed by atoms with Crippen LogP contribution in [0.1, 0.15) is 0 Å². The molecule has 0 unspecified atom stereocenters. The number of benzene rings is 2. The lowest BCUT2D eigenvalue weighted by Gasteiger charge is -2.00. The predicted octanol–water partition coefficient (Wildman–Crippen LogP) is 3.78. The fraction of sp³-hybridized carbons (Fsp3) is 0.0714. The minimum atomic E-state index is -0.958. The van der Waals surface area contributed by atoms with Gasteiger partial charge in [-0.25, -0.2) is 13.8 Å². The number of methoxy groups -OCH3 is 1. The first-order chi connectivity index (χ1) is 9.17. The summed E-state index contributed by atoms with van der Waals surface area (Å²) in [5.74, 6) is -0.963. The van der Waals surface area contributed by atoms with E-state index in [1.54, 1.807) is 31.4 Å². The Bertz CT molecular complexity index is 713. The highest BCUT2D eigenvalue weighted by atomic mass is 19.2. The van der Waals surface area contributed by atoms with Crippen LogP contribution in [-0.4, -0.2) is 12.1 Å². The SMILES string of the molecule is COc1cccc(-c2nc3cc(F)c(F)cc3o2)c1. The fourth-order valence-corrected chi connectivity index (χ4v) is 1.80. The van der Waals surface area contributed by atoms with Crippen LogP contribution in [0.15, 0.2) is 40.8 Å². The van der Waals surface area contributed by atoms with Crippen molar-refractivity contribution < 1.29 is 17.9 Å². The van der Waals surface area contributed by atoms with Crippen molar-refractivity contribution in [2.45, 2.75) is 0 Å².